The average molecular weight is 297 g/mol. The quantitative estimate of drug-likeness (QED) is 0.474. The molecule has 1 aliphatic carbocycles. The lowest BCUT2D eigenvalue weighted by molar-refractivity contribution is 0.194. The van der Waals surface area contributed by atoms with Gasteiger partial charge >= 0.3 is 0 Å². The van der Waals surface area contributed by atoms with Crippen LogP contribution in [0, 0.1) is 35.5 Å². The second-order valence-electron chi connectivity index (χ2n) is 9.03. The summed E-state index contributed by atoms with van der Waals surface area (Å²) in [5.74, 6) is 5.65. The van der Waals surface area contributed by atoms with Gasteiger partial charge in [0, 0.05) is 0 Å². The van der Waals surface area contributed by atoms with E-state index in [0.29, 0.717) is 0 Å². The lowest BCUT2D eigenvalue weighted by atomic mass is 9.74. The highest BCUT2D eigenvalue weighted by atomic mass is 14.3. The Morgan fingerprint density at radius 2 is 1.24 bits per heavy atom. The number of rotatable bonds is 6. The van der Waals surface area contributed by atoms with Crippen molar-refractivity contribution in [2.24, 2.45) is 35.5 Å². The van der Waals surface area contributed by atoms with Gasteiger partial charge in [-0.25, -0.2) is 0 Å². The van der Waals surface area contributed by atoms with Crippen molar-refractivity contribution in [3.05, 3.63) is 0 Å². The summed E-state index contributed by atoms with van der Waals surface area (Å²) in [7, 11) is 0. The minimum Gasteiger partial charge on any atom is -0.0628 e. The zero-order valence-corrected chi connectivity index (χ0v) is 16.4. The van der Waals surface area contributed by atoms with E-state index in [1.807, 2.05) is 0 Å². The van der Waals surface area contributed by atoms with Crippen LogP contribution in [0.25, 0.3) is 0 Å². The average Bonchev–Trinajstić information content (AvgIpc) is 2.36. The van der Waals surface area contributed by atoms with Crippen molar-refractivity contribution in [2.45, 2.75) is 100 Å². The second kappa shape index (κ2) is 11.6. The molecule has 0 spiro atoms. The van der Waals surface area contributed by atoms with Crippen LogP contribution in [0.4, 0.5) is 0 Å². The zero-order valence-electron chi connectivity index (χ0n) is 16.4. The summed E-state index contributed by atoms with van der Waals surface area (Å²) >= 11 is 0. The lowest BCUT2D eigenvalue weighted by Crippen LogP contribution is -2.20. The van der Waals surface area contributed by atoms with Crippen LogP contribution >= 0.6 is 0 Å². The van der Waals surface area contributed by atoms with Crippen LogP contribution in [0.1, 0.15) is 100 Å². The molecule has 0 aromatic rings. The first-order valence-corrected chi connectivity index (χ1v) is 9.72. The summed E-state index contributed by atoms with van der Waals surface area (Å²) in [5.41, 5.74) is 0. The fraction of sp³-hybridized carbons (Fsp3) is 1.00. The molecule has 0 aliphatic heterocycles. The van der Waals surface area contributed by atoms with Crippen molar-refractivity contribution < 1.29 is 0 Å². The van der Waals surface area contributed by atoms with Gasteiger partial charge in [-0.05, 0) is 48.3 Å². The van der Waals surface area contributed by atoms with Crippen LogP contribution in [0.5, 0.6) is 0 Å². The van der Waals surface area contributed by atoms with Crippen molar-refractivity contribution in [3.63, 3.8) is 0 Å². The van der Waals surface area contributed by atoms with Gasteiger partial charge in [-0.1, -0.05) is 87.5 Å². The fourth-order valence-electron chi connectivity index (χ4n) is 3.49. The van der Waals surface area contributed by atoms with Gasteiger partial charge in [0.05, 0.1) is 0 Å². The highest BCUT2D eigenvalue weighted by molar-refractivity contribution is 4.75. The minimum absolute atomic E-state index is 0.886. The Hall–Kier alpha value is 0. The maximum atomic E-state index is 2.39. The van der Waals surface area contributed by atoms with Crippen LogP contribution in [0.3, 0.4) is 0 Å². The van der Waals surface area contributed by atoms with Crippen molar-refractivity contribution in [1.29, 1.82) is 0 Å². The molecule has 2 unspecified atom stereocenters. The van der Waals surface area contributed by atoms with E-state index < -0.39 is 0 Å². The zero-order chi connectivity index (χ0) is 16.4. The van der Waals surface area contributed by atoms with Crippen LogP contribution in [0.15, 0.2) is 0 Å². The predicted octanol–water partition coefficient (Wildman–Crippen LogP) is 7.57. The van der Waals surface area contributed by atoms with Crippen molar-refractivity contribution in [2.75, 3.05) is 0 Å². The number of hydrogen-bond acceptors (Lipinski definition) is 0. The molecule has 0 heteroatoms. The molecule has 0 nitrogen and oxygen atoms in total. The molecular weight excluding hydrogens is 252 g/mol. The van der Waals surface area contributed by atoms with Gasteiger partial charge in [0.2, 0.25) is 0 Å². The molecule has 0 amide bonds. The molecule has 1 rings (SSSR count). The van der Waals surface area contributed by atoms with E-state index in [1.165, 1.54) is 44.9 Å². The molecule has 0 saturated heterocycles. The van der Waals surface area contributed by atoms with E-state index in [9.17, 15) is 0 Å². The molecule has 1 fully saturated rings. The molecule has 128 valence electrons. The summed E-state index contributed by atoms with van der Waals surface area (Å²) in [4.78, 5) is 0. The molecule has 0 bridgehead atoms. The Bertz CT molecular complexity index is 216. The Morgan fingerprint density at radius 3 is 1.62 bits per heavy atom. The predicted molar refractivity (Wildman–Crippen MR) is 98.7 cm³/mol. The van der Waals surface area contributed by atoms with Crippen LogP contribution in [-0.2, 0) is 0 Å². The molecule has 2 atom stereocenters. The van der Waals surface area contributed by atoms with E-state index in [0.717, 1.165) is 35.5 Å². The van der Waals surface area contributed by atoms with Crippen LogP contribution in [0.2, 0.25) is 0 Å². The monoisotopic (exact) mass is 296 g/mol. The van der Waals surface area contributed by atoms with Crippen molar-refractivity contribution in [3.8, 4) is 0 Å². The summed E-state index contributed by atoms with van der Waals surface area (Å²) in [6, 6.07) is 0. The van der Waals surface area contributed by atoms with Gasteiger partial charge in [0.15, 0.2) is 0 Å². The topological polar surface area (TPSA) is 0 Å². The largest absolute Gasteiger partial charge is 0.0628 e. The standard InChI is InChI=1S/C13H26.C8H18/c1-10(2)8-12-6-5-7-13(9-12)11(3)4;1-7(2)5-6-8(3)4/h10-13H,5-9H2,1-4H3;7-8H,5-6H2,1-4H3. The molecule has 1 aliphatic rings. The van der Waals surface area contributed by atoms with Gasteiger partial charge in [-0.3, -0.25) is 0 Å². The summed E-state index contributed by atoms with van der Waals surface area (Å²) < 4.78 is 0. The highest BCUT2D eigenvalue weighted by Gasteiger charge is 2.24. The van der Waals surface area contributed by atoms with Gasteiger partial charge in [-0.15, -0.1) is 0 Å². The SMILES string of the molecule is CC(C)CC1CCCC(C(C)C)C1.CC(C)CCC(C)C. The maximum Gasteiger partial charge on any atom is -0.0388 e. The third-order valence-electron chi connectivity index (χ3n) is 4.89. The first-order valence-electron chi connectivity index (χ1n) is 9.72. The first-order chi connectivity index (χ1) is 9.72. The third kappa shape index (κ3) is 12.2. The van der Waals surface area contributed by atoms with E-state index >= 15 is 0 Å². The van der Waals surface area contributed by atoms with Crippen molar-refractivity contribution in [1.82, 2.24) is 0 Å². The summed E-state index contributed by atoms with van der Waals surface area (Å²) in [5, 5.41) is 0. The summed E-state index contributed by atoms with van der Waals surface area (Å²) in [6.45, 7) is 18.6. The fourth-order valence-corrected chi connectivity index (χ4v) is 3.49. The van der Waals surface area contributed by atoms with E-state index in [2.05, 4.69) is 55.4 Å². The van der Waals surface area contributed by atoms with Gasteiger partial charge in [-0.2, -0.15) is 0 Å². The van der Waals surface area contributed by atoms with Crippen LogP contribution < -0.4 is 0 Å². The van der Waals surface area contributed by atoms with E-state index in [-0.39, 0.29) is 0 Å². The highest BCUT2D eigenvalue weighted by Crippen LogP contribution is 2.36. The Labute approximate surface area is 136 Å². The lowest BCUT2D eigenvalue weighted by Gasteiger charge is -2.32. The third-order valence-corrected chi connectivity index (χ3v) is 4.89. The maximum absolute atomic E-state index is 2.39. The number of hydrogen-bond donors (Lipinski definition) is 0. The Morgan fingerprint density at radius 1 is 0.714 bits per heavy atom. The summed E-state index contributed by atoms with van der Waals surface area (Å²) in [6.07, 6.45) is 10.2. The van der Waals surface area contributed by atoms with Gasteiger partial charge < -0.3 is 0 Å². The smallest absolute Gasteiger partial charge is 0.0388 e. The molecule has 0 aromatic carbocycles. The van der Waals surface area contributed by atoms with Crippen LogP contribution in [-0.4, -0.2) is 0 Å². The molecule has 0 heterocycles. The van der Waals surface area contributed by atoms with Gasteiger partial charge in [0.1, 0.15) is 0 Å². The first kappa shape index (κ1) is 21.0. The van der Waals surface area contributed by atoms with E-state index in [4.69, 9.17) is 0 Å². The Kier molecular flexibility index (Phi) is 11.6. The Balaban J connectivity index is 0.000000433. The molecule has 0 radical (unpaired) electrons. The molecule has 0 N–H and O–H groups in total. The van der Waals surface area contributed by atoms with E-state index in [1.54, 1.807) is 0 Å². The second-order valence-corrected chi connectivity index (χ2v) is 9.03. The molecular formula is C21H44. The molecule has 21 heavy (non-hydrogen) atoms. The minimum atomic E-state index is 0.886. The molecule has 1 saturated carbocycles. The van der Waals surface area contributed by atoms with Gasteiger partial charge in [0.25, 0.3) is 0 Å². The molecule has 0 aromatic heterocycles. The normalized spacial score (nSPS) is 22.9. The van der Waals surface area contributed by atoms with Crippen molar-refractivity contribution >= 4 is 0 Å².